The van der Waals surface area contributed by atoms with E-state index in [1.54, 1.807) is 48.5 Å². The zero-order valence-corrected chi connectivity index (χ0v) is 17.6. The number of aromatic nitrogens is 2. The number of hydrogen-bond donors (Lipinski definition) is 1. The number of nitrogens with one attached hydrogen (secondary N) is 1. The maximum absolute atomic E-state index is 12.7. The number of para-hydroxylation sites is 2. The van der Waals surface area contributed by atoms with Crippen LogP contribution in [-0.2, 0) is 16.1 Å². The highest BCUT2D eigenvalue weighted by atomic mass is 16.5. The van der Waals surface area contributed by atoms with Crippen molar-refractivity contribution in [1.82, 2.24) is 9.78 Å². The molecule has 3 aromatic rings. The predicted octanol–water partition coefficient (Wildman–Crippen LogP) is 3.39. The highest BCUT2D eigenvalue weighted by Gasteiger charge is 2.19. The van der Waals surface area contributed by atoms with Crippen LogP contribution in [-0.4, -0.2) is 35.4 Å². The van der Waals surface area contributed by atoms with Crippen LogP contribution in [0.25, 0.3) is 10.8 Å². The summed E-state index contributed by atoms with van der Waals surface area (Å²) in [5.74, 6) is -0.789. The Morgan fingerprint density at radius 3 is 2.48 bits per heavy atom. The summed E-state index contributed by atoms with van der Waals surface area (Å²) in [5, 5.41) is 7.67. The van der Waals surface area contributed by atoms with E-state index in [9.17, 15) is 14.4 Å². The minimum absolute atomic E-state index is 0.0109. The Bertz CT molecular complexity index is 1140. The average molecular weight is 423 g/mol. The Hall–Kier alpha value is -3.68. The number of ether oxygens (including phenoxy) is 2. The second kappa shape index (κ2) is 10.4. The minimum Gasteiger partial charge on any atom is -0.495 e. The van der Waals surface area contributed by atoms with Crippen molar-refractivity contribution in [3.8, 4) is 5.75 Å². The number of rotatable bonds is 9. The van der Waals surface area contributed by atoms with E-state index in [4.69, 9.17) is 9.47 Å². The van der Waals surface area contributed by atoms with E-state index in [2.05, 4.69) is 17.3 Å². The molecule has 0 saturated carbocycles. The third-order valence-electron chi connectivity index (χ3n) is 4.75. The second-order valence-electron chi connectivity index (χ2n) is 6.95. The number of unbranched alkanes of at least 4 members (excludes halogenated alkanes) is 2. The summed E-state index contributed by atoms with van der Waals surface area (Å²) in [4.78, 5) is 37.7. The molecule has 0 aliphatic heterocycles. The maximum Gasteiger partial charge on any atom is 0.359 e. The molecule has 0 bridgehead atoms. The lowest BCUT2D eigenvalue weighted by atomic mass is 10.1. The first-order chi connectivity index (χ1) is 15.0. The zero-order chi connectivity index (χ0) is 22.2. The number of aryl methyl sites for hydroxylation is 1. The minimum atomic E-state index is -0.768. The number of benzene rings is 2. The summed E-state index contributed by atoms with van der Waals surface area (Å²) in [6.45, 7) is 1.98. The average Bonchev–Trinajstić information content (AvgIpc) is 2.79. The van der Waals surface area contributed by atoms with Crippen molar-refractivity contribution in [3.05, 3.63) is 64.6 Å². The normalized spacial score (nSPS) is 10.6. The van der Waals surface area contributed by atoms with Gasteiger partial charge in [0.25, 0.3) is 11.5 Å². The van der Waals surface area contributed by atoms with E-state index in [1.165, 1.54) is 11.8 Å². The molecule has 0 saturated heterocycles. The second-order valence-corrected chi connectivity index (χ2v) is 6.95. The van der Waals surface area contributed by atoms with Gasteiger partial charge in [-0.25, -0.2) is 9.48 Å². The van der Waals surface area contributed by atoms with Gasteiger partial charge in [-0.15, -0.1) is 0 Å². The van der Waals surface area contributed by atoms with Crippen molar-refractivity contribution in [2.24, 2.45) is 0 Å². The fraction of sp³-hybridized carbons (Fsp3) is 0.304. The van der Waals surface area contributed by atoms with E-state index in [0.717, 1.165) is 19.3 Å². The molecular formula is C23H25N3O5. The van der Waals surface area contributed by atoms with E-state index < -0.39 is 18.5 Å². The summed E-state index contributed by atoms with van der Waals surface area (Å²) < 4.78 is 11.7. The number of anilines is 1. The molecule has 31 heavy (non-hydrogen) atoms. The largest absolute Gasteiger partial charge is 0.495 e. The van der Waals surface area contributed by atoms with Crippen LogP contribution in [0.15, 0.2) is 53.3 Å². The van der Waals surface area contributed by atoms with Gasteiger partial charge in [-0.2, -0.15) is 5.10 Å². The van der Waals surface area contributed by atoms with E-state index >= 15 is 0 Å². The standard InChI is InChI=1S/C23H25N3O5/c1-3-4-9-14-26-22(28)17-11-6-5-10-16(17)21(25-26)23(29)31-15-20(27)24-18-12-7-8-13-19(18)30-2/h5-8,10-13H,3-4,9,14-15H2,1-2H3,(H,24,27). The Morgan fingerprint density at radius 1 is 1.03 bits per heavy atom. The smallest absolute Gasteiger partial charge is 0.359 e. The molecule has 0 atom stereocenters. The third-order valence-corrected chi connectivity index (χ3v) is 4.75. The Balaban J connectivity index is 1.77. The van der Waals surface area contributed by atoms with Gasteiger partial charge in [0.2, 0.25) is 0 Å². The molecule has 1 heterocycles. The molecule has 1 amide bonds. The molecule has 0 fully saturated rings. The van der Waals surface area contributed by atoms with E-state index in [1.807, 2.05) is 0 Å². The number of carbonyl (C=O) groups is 2. The predicted molar refractivity (Wildman–Crippen MR) is 117 cm³/mol. The topological polar surface area (TPSA) is 99.5 Å². The summed E-state index contributed by atoms with van der Waals surface area (Å²) in [6, 6.07) is 13.7. The van der Waals surface area contributed by atoms with Crippen LogP contribution in [0.4, 0.5) is 5.69 Å². The molecular weight excluding hydrogens is 398 g/mol. The molecule has 2 aromatic carbocycles. The first-order valence-corrected chi connectivity index (χ1v) is 10.1. The van der Waals surface area contributed by atoms with Gasteiger partial charge in [0, 0.05) is 11.9 Å². The lowest BCUT2D eigenvalue weighted by molar-refractivity contribution is -0.119. The van der Waals surface area contributed by atoms with Crippen molar-refractivity contribution in [3.63, 3.8) is 0 Å². The number of fused-ring (bicyclic) bond motifs is 1. The lowest BCUT2D eigenvalue weighted by Gasteiger charge is -2.12. The SMILES string of the molecule is CCCCCn1nc(C(=O)OCC(=O)Nc2ccccc2OC)c2ccccc2c1=O. The van der Waals surface area contributed by atoms with Gasteiger partial charge in [0.1, 0.15) is 5.75 Å². The van der Waals surface area contributed by atoms with Crippen LogP contribution < -0.4 is 15.6 Å². The highest BCUT2D eigenvalue weighted by molar-refractivity contribution is 6.03. The number of esters is 1. The van der Waals surface area contributed by atoms with Crippen molar-refractivity contribution in [2.75, 3.05) is 19.0 Å². The van der Waals surface area contributed by atoms with Crippen LogP contribution in [0.1, 0.15) is 36.7 Å². The van der Waals surface area contributed by atoms with Crippen molar-refractivity contribution in [2.45, 2.75) is 32.7 Å². The number of hydrogen-bond acceptors (Lipinski definition) is 6. The van der Waals surface area contributed by atoms with Crippen LogP contribution in [0.2, 0.25) is 0 Å². The fourth-order valence-corrected chi connectivity index (χ4v) is 3.18. The zero-order valence-electron chi connectivity index (χ0n) is 17.6. The Labute approximate surface area is 179 Å². The third kappa shape index (κ3) is 5.28. The van der Waals surface area contributed by atoms with Gasteiger partial charge in [-0.3, -0.25) is 9.59 Å². The van der Waals surface area contributed by atoms with Crippen molar-refractivity contribution in [1.29, 1.82) is 0 Å². The lowest BCUT2D eigenvalue weighted by Crippen LogP contribution is -2.28. The molecule has 0 aliphatic rings. The summed E-state index contributed by atoms with van der Waals surface area (Å²) in [5.41, 5.74) is 0.230. The number of carbonyl (C=O) groups excluding carboxylic acids is 2. The fourth-order valence-electron chi connectivity index (χ4n) is 3.18. The first-order valence-electron chi connectivity index (χ1n) is 10.1. The molecule has 0 unspecified atom stereocenters. The van der Waals surface area contributed by atoms with Gasteiger partial charge in [0.15, 0.2) is 12.3 Å². The highest BCUT2D eigenvalue weighted by Crippen LogP contribution is 2.23. The van der Waals surface area contributed by atoms with E-state index in [-0.39, 0.29) is 11.3 Å². The van der Waals surface area contributed by atoms with E-state index in [0.29, 0.717) is 28.8 Å². The van der Waals surface area contributed by atoms with Gasteiger partial charge in [0.05, 0.1) is 18.2 Å². The summed E-state index contributed by atoms with van der Waals surface area (Å²) in [6.07, 6.45) is 2.72. The first kappa shape index (κ1) is 22.0. The van der Waals surface area contributed by atoms with Crippen LogP contribution in [0.3, 0.4) is 0 Å². The molecule has 3 rings (SSSR count). The Kier molecular flexibility index (Phi) is 7.37. The van der Waals surface area contributed by atoms with Gasteiger partial charge < -0.3 is 14.8 Å². The van der Waals surface area contributed by atoms with Crippen molar-refractivity contribution >= 4 is 28.3 Å². The molecule has 1 aromatic heterocycles. The molecule has 1 N–H and O–H groups in total. The monoisotopic (exact) mass is 423 g/mol. The van der Waals surface area contributed by atoms with Gasteiger partial charge >= 0.3 is 5.97 Å². The van der Waals surface area contributed by atoms with Gasteiger partial charge in [-0.1, -0.05) is 50.1 Å². The Morgan fingerprint density at radius 2 is 1.74 bits per heavy atom. The van der Waals surface area contributed by atoms with Crippen LogP contribution >= 0.6 is 0 Å². The maximum atomic E-state index is 12.7. The van der Waals surface area contributed by atoms with Crippen LogP contribution in [0, 0.1) is 0 Å². The summed E-state index contributed by atoms with van der Waals surface area (Å²) in [7, 11) is 1.50. The quantitative estimate of drug-likeness (QED) is 0.418. The number of methoxy groups -OCH3 is 1. The molecule has 162 valence electrons. The number of amides is 1. The number of nitrogens with zero attached hydrogens (tertiary/aromatic N) is 2. The van der Waals surface area contributed by atoms with Crippen molar-refractivity contribution < 1.29 is 19.1 Å². The van der Waals surface area contributed by atoms with Crippen LogP contribution in [0.5, 0.6) is 5.75 Å². The van der Waals surface area contributed by atoms with Gasteiger partial charge in [-0.05, 0) is 24.6 Å². The summed E-state index contributed by atoms with van der Waals surface area (Å²) >= 11 is 0. The molecule has 0 aliphatic carbocycles. The molecule has 0 radical (unpaired) electrons. The molecule has 0 spiro atoms. The molecule has 8 heteroatoms. The molecule has 8 nitrogen and oxygen atoms in total.